The molecule has 3 aromatic rings. The number of anilines is 1. The van der Waals surface area contributed by atoms with Crippen molar-refractivity contribution in [2.75, 3.05) is 19.5 Å². The Bertz CT molecular complexity index is 1010. The molecule has 1 aromatic carbocycles. The van der Waals surface area contributed by atoms with Crippen molar-refractivity contribution >= 4 is 34.5 Å². The third kappa shape index (κ3) is 3.27. The Balaban J connectivity index is 1.74. The average Bonchev–Trinajstić information content (AvgIpc) is 3.32. The van der Waals surface area contributed by atoms with Crippen LogP contribution in [0.4, 0.5) is 5.69 Å². The van der Waals surface area contributed by atoms with Gasteiger partial charge in [0.1, 0.15) is 17.7 Å². The summed E-state index contributed by atoms with van der Waals surface area (Å²) < 4.78 is 10.7. The minimum absolute atomic E-state index is 0.0717. The standard InChI is InChI=1S/C20H18ClN3O3S/c1-26-12-9-15(21)18(16(10-12)27-2)23-19-17-14(6-3-7-22-17)20(25)24(19)11-13-5-4-8-28-13/h3-10,19,23H,11H2,1-2H3/t19-/m1/s1. The smallest absolute Gasteiger partial charge is 0.258 e. The first-order valence-corrected chi connectivity index (χ1v) is 9.84. The number of thiophene rings is 1. The molecule has 144 valence electrons. The first kappa shape index (κ1) is 18.6. The number of fused-ring (bicyclic) bond motifs is 1. The van der Waals surface area contributed by atoms with E-state index in [2.05, 4.69) is 10.3 Å². The molecule has 1 atom stereocenters. The molecule has 4 rings (SSSR count). The summed E-state index contributed by atoms with van der Waals surface area (Å²) in [5.41, 5.74) is 1.83. The normalized spacial score (nSPS) is 15.5. The first-order chi connectivity index (χ1) is 13.6. The molecular formula is C20H18ClN3O3S. The van der Waals surface area contributed by atoms with E-state index in [0.717, 1.165) is 4.88 Å². The maximum Gasteiger partial charge on any atom is 0.258 e. The van der Waals surface area contributed by atoms with E-state index < -0.39 is 6.17 Å². The van der Waals surface area contributed by atoms with Crippen molar-refractivity contribution in [2.24, 2.45) is 0 Å². The zero-order valence-electron chi connectivity index (χ0n) is 15.3. The predicted octanol–water partition coefficient (Wildman–Crippen LogP) is 4.58. The van der Waals surface area contributed by atoms with E-state index in [1.165, 1.54) is 0 Å². The van der Waals surface area contributed by atoms with Gasteiger partial charge in [0.05, 0.1) is 42.7 Å². The average molecular weight is 416 g/mol. The molecule has 1 aliphatic heterocycles. The summed E-state index contributed by atoms with van der Waals surface area (Å²) in [4.78, 5) is 20.3. The number of halogens is 1. The van der Waals surface area contributed by atoms with Gasteiger partial charge in [0.25, 0.3) is 5.91 Å². The fourth-order valence-corrected chi connectivity index (χ4v) is 4.19. The Labute approximate surface area is 171 Å². The Morgan fingerprint density at radius 2 is 2.11 bits per heavy atom. The number of ether oxygens (including phenoxy) is 2. The van der Waals surface area contributed by atoms with Gasteiger partial charge in [-0.2, -0.15) is 0 Å². The number of amides is 1. The van der Waals surface area contributed by atoms with Crippen molar-refractivity contribution in [3.63, 3.8) is 0 Å². The second kappa shape index (κ2) is 7.69. The van der Waals surface area contributed by atoms with Crippen LogP contribution in [0.1, 0.15) is 27.1 Å². The van der Waals surface area contributed by atoms with E-state index in [-0.39, 0.29) is 5.91 Å². The molecule has 1 N–H and O–H groups in total. The van der Waals surface area contributed by atoms with Gasteiger partial charge < -0.3 is 19.7 Å². The fourth-order valence-electron chi connectivity index (χ4n) is 3.23. The number of nitrogens with one attached hydrogen (secondary N) is 1. The third-order valence-corrected chi connectivity index (χ3v) is 5.73. The summed E-state index contributed by atoms with van der Waals surface area (Å²) in [6.07, 6.45) is 1.22. The molecule has 0 saturated carbocycles. The highest BCUT2D eigenvalue weighted by Gasteiger charge is 2.38. The summed E-state index contributed by atoms with van der Waals surface area (Å²) in [6, 6.07) is 11.0. The number of aromatic nitrogens is 1. The zero-order chi connectivity index (χ0) is 19.7. The molecule has 3 heterocycles. The van der Waals surface area contributed by atoms with Gasteiger partial charge in [-0.05, 0) is 23.6 Å². The van der Waals surface area contributed by atoms with Crippen LogP contribution in [0, 0.1) is 0 Å². The second-order valence-electron chi connectivity index (χ2n) is 6.18. The number of hydrogen-bond donors (Lipinski definition) is 1. The van der Waals surface area contributed by atoms with E-state index in [1.807, 2.05) is 17.5 Å². The fraction of sp³-hybridized carbons (Fsp3) is 0.200. The highest BCUT2D eigenvalue weighted by Crippen LogP contribution is 2.42. The molecule has 8 heteroatoms. The van der Waals surface area contributed by atoms with Crippen molar-refractivity contribution in [3.8, 4) is 11.5 Å². The number of methoxy groups -OCH3 is 2. The van der Waals surface area contributed by atoms with E-state index in [9.17, 15) is 4.79 Å². The van der Waals surface area contributed by atoms with Gasteiger partial charge in [-0.1, -0.05) is 17.7 Å². The van der Waals surface area contributed by atoms with Crippen LogP contribution < -0.4 is 14.8 Å². The van der Waals surface area contributed by atoms with Gasteiger partial charge in [0.15, 0.2) is 0 Å². The largest absolute Gasteiger partial charge is 0.497 e. The van der Waals surface area contributed by atoms with Gasteiger partial charge in [-0.3, -0.25) is 9.78 Å². The van der Waals surface area contributed by atoms with Crippen LogP contribution in [0.25, 0.3) is 0 Å². The lowest BCUT2D eigenvalue weighted by Gasteiger charge is -2.27. The highest BCUT2D eigenvalue weighted by molar-refractivity contribution is 7.09. The molecule has 1 amide bonds. The molecule has 1 aliphatic rings. The van der Waals surface area contributed by atoms with E-state index >= 15 is 0 Å². The molecule has 0 spiro atoms. The van der Waals surface area contributed by atoms with Crippen molar-refractivity contribution < 1.29 is 14.3 Å². The Hall–Kier alpha value is -2.77. The Morgan fingerprint density at radius 1 is 1.25 bits per heavy atom. The lowest BCUT2D eigenvalue weighted by molar-refractivity contribution is 0.0729. The van der Waals surface area contributed by atoms with E-state index in [1.54, 1.807) is 60.9 Å². The second-order valence-corrected chi connectivity index (χ2v) is 7.62. The van der Waals surface area contributed by atoms with Gasteiger partial charge in [-0.25, -0.2) is 0 Å². The van der Waals surface area contributed by atoms with Crippen molar-refractivity contribution in [1.29, 1.82) is 0 Å². The van der Waals surface area contributed by atoms with Crippen LogP contribution in [0.15, 0.2) is 48.0 Å². The molecule has 0 unspecified atom stereocenters. The van der Waals surface area contributed by atoms with Crippen LogP contribution in [-0.4, -0.2) is 30.0 Å². The minimum atomic E-state index is -0.467. The number of carbonyl (C=O) groups is 1. The molecule has 0 saturated heterocycles. The number of hydrogen-bond acceptors (Lipinski definition) is 6. The van der Waals surface area contributed by atoms with E-state index in [0.29, 0.717) is 40.0 Å². The van der Waals surface area contributed by atoms with Crippen molar-refractivity contribution in [1.82, 2.24) is 9.88 Å². The Kier molecular flexibility index (Phi) is 5.11. The lowest BCUT2D eigenvalue weighted by atomic mass is 10.2. The van der Waals surface area contributed by atoms with Gasteiger partial charge in [0, 0.05) is 23.2 Å². The molecular weight excluding hydrogens is 398 g/mol. The van der Waals surface area contributed by atoms with Crippen molar-refractivity contribution in [3.05, 3.63) is 69.1 Å². The molecule has 0 bridgehead atoms. The molecule has 0 fully saturated rings. The monoisotopic (exact) mass is 415 g/mol. The number of benzene rings is 1. The lowest BCUT2D eigenvalue weighted by Crippen LogP contribution is -2.32. The number of pyridine rings is 1. The third-order valence-electron chi connectivity index (χ3n) is 4.57. The SMILES string of the molecule is COc1cc(Cl)c(N[C@H]2c3ncccc3C(=O)N2Cc2cccs2)c(OC)c1. The van der Waals surface area contributed by atoms with Crippen LogP contribution in [0.5, 0.6) is 11.5 Å². The molecule has 0 aliphatic carbocycles. The summed E-state index contributed by atoms with van der Waals surface area (Å²) in [5.74, 6) is 1.04. The van der Waals surface area contributed by atoms with Crippen LogP contribution >= 0.6 is 22.9 Å². The minimum Gasteiger partial charge on any atom is -0.497 e. The maximum absolute atomic E-state index is 13.0. The summed E-state index contributed by atoms with van der Waals surface area (Å²) in [5, 5.41) is 5.79. The molecule has 0 radical (unpaired) electrons. The van der Waals surface area contributed by atoms with Gasteiger partial charge >= 0.3 is 0 Å². The van der Waals surface area contributed by atoms with Gasteiger partial charge in [0.2, 0.25) is 0 Å². The maximum atomic E-state index is 13.0. The quantitative estimate of drug-likeness (QED) is 0.638. The van der Waals surface area contributed by atoms with Crippen LogP contribution in [0.2, 0.25) is 5.02 Å². The zero-order valence-corrected chi connectivity index (χ0v) is 16.9. The summed E-state index contributed by atoms with van der Waals surface area (Å²) >= 11 is 8.09. The number of carbonyl (C=O) groups excluding carboxylic acids is 1. The topological polar surface area (TPSA) is 63.7 Å². The van der Waals surface area contributed by atoms with Crippen LogP contribution in [0.3, 0.4) is 0 Å². The van der Waals surface area contributed by atoms with Crippen LogP contribution in [-0.2, 0) is 6.54 Å². The summed E-state index contributed by atoms with van der Waals surface area (Å²) in [6.45, 7) is 0.473. The molecule has 2 aromatic heterocycles. The highest BCUT2D eigenvalue weighted by atomic mass is 35.5. The molecule has 6 nitrogen and oxygen atoms in total. The first-order valence-electron chi connectivity index (χ1n) is 8.58. The Morgan fingerprint density at radius 3 is 2.82 bits per heavy atom. The number of nitrogens with zero attached hydrogens (tertiary/aromatic N) is 2. The van der Waals surface area contributed by atoms with Crippen molar-refractivity contribution in [2.45, 2.75) is 12.7 Å². The summed E-state index contributed by atoms with van der Waals surface area (Å²) in [7, 11) is 3.13. The number of rotatable bonds is 6. The van der Waals surface area contributed by atoms with Gasteiger partial charge in [-0.15, -0.1) is 11.3 Å². The predicted molar refractivity (Wildman–Crippen MR) is 109 cm³/mol. The van der Waals surface area contributed by atoms with E-state index in [4.69, 9.17) is 21.1 Å². The molecule has 28 heavy (non-hydrogen) atoms.